The Balaban J connectivity index is 1.32. The highest BCUT2D eigenvalue weighted by atomic mass is 32.1. The molecular formula is C17H20N5O3S2+. The van der Waals surface area contributed by atoms with Crippen LogP contribution in [0.3, 0.4) is 0 Å². The van der Waals surface area contributed by atoms with Gasteiger partial charge in [0.05, 0.1) is 38.9 Å². The number of piperazine rings is 1. The Hall–Kier alpha value is -2.30. The molecule has 142 valence electrons. The first-order valence-electron chi connectivity index (χ1n) is 8.72. The van der Waals surface area contributed by atoms with Gasteiger partial charge in [-0.1, -0.05) is 0 Å². The molecule has 0 aliphatic carbocycles. The van der Waals surface area contributed by atoms with Crippen LogP contribution in [0.1, 0.15) is 10.7 Å². The molecule has 1 fully saturated rings. The molecular weight excluding hydrogens is 386 g/mol. The minimum absolute atomic E-state index is 0.140. The lowest BCUT2D eigenvalue weighted by molar-refractivity contribution is -0.927. The van der Waals surface area contributed by atoms with Crippen molar-refractivity contribution in [3.63, 3.8) is 0 Å². The maximum atomic E-state index is 12.5. The van der Waals surface area contributed by atoms with Crippen LogP contribution in [0.4, 0.5) is 0 Å². The quantitative estimate of drug-likeness (QED) is 0.641. The van der Waals surface area contributed by atoms with Gasteiger partial charge in [-0.15, -0.1) is 16.4 Å². The van der Waals surface area contributed by atoms with Gasteiger partial charge in [-0.2, -0.15) is 4.68 Å². The van der Waals surface area contributed by atoms with Crippen molar-refractivity contribution in [2.24, 2.45) is 0 Å². The zero-order chi connectivity index (χ0) is 18.8. The average molecular weight is 407 g/mol. The van der Waals surface area contributed by atoms with Gasteiger partial charge in [0, 0.05) is 11.1 Å². The molecule has 1 aliphatic heterocycles. The molecule has 1 aliphatic rings. The second-order valence-electron chi connectivity index (χ2n) is 6.50. The molecule has 1 saturated heterocycles. The summed E-state index contributed by atoms with van der Waals surface area (Å²) in [6.45, 7) is 5.67. The number of nitrogens with zero attached hydrogens (tertiary/aromatic N) is 4. The van der Waals surface area contributed by atoms with E-state index in [1.807, 2.05) is 17.2 Å². The minimum Gasteiger partial charge on any atom is -0.459 e. The van der Waals surface area contributed by atoms with Gasteiger partial charge in [-0.05, 0) is 31.3 Å². The van der Waals surface area contributed by atoms with Crippen molar-refractivity contribution in [1.82, 2.24) is 19.7 Å². The van der Waals surface area contributed by atoms with E-state index in [1.54, 1.807) is 34.4 Å². The van der Waals surface area contributed by atoms with Crippen molar-refractivity contribution in [2.75, 3.05) is 26.2 Å². The fourth-order valence-electron chi connectivity index (χ4n) is 3.07. The summed E-state index contributed by atoms with van der Waals surface area (Å²) < 4.78 is 12.5. The number of rotatable bonds is 5. The van der Waals surface area contributed by atoms with E-state index in [0.717, 1.165) is 36.9 Å². The molecule has 10 heteroatoms. The number of carbonyl (C=O) groups excluding carboxylic acids is 1. The Morgan fingerprint density at radius 1 is 1.41 bits per heavy atom. The van der Waals surface area contributed by atoms with Crippen molar-refractivity contribution >= 4 is 29.5 Å². The SMILES string of the molecule is Cc1csc(CC(=O)N2CC[NH+](Cn3nc(-c4ccco4)oc3=S)CC2)n1. The third-order valence-corrected chi connectivity index (χ3v) is 5.76. The van der Waals surface area contributed by atoms with E-state index in [1.165, 1.54) is 4.90 Å². The zero-order valence-corrected chi connectivity index (χ0v) is 16.5. The maximum absolute atomic E-state index is 12.5. The van der Waals surface area contributed by atoms with E-state index < -0.39 is 0 Å². The lowest BCUT2D eigenvalue weighted by Gasteiger charge is -2.31. The highest BCUT2D eigenvalue weighted by Crippen LogP contribution is 2.17. The molecule has 4 rings (SSSR count). The number of carbonyl (C=O) groups is 1. The van der Waals surface area contributed by atoms with Gasteiger partial charge >= 0.3 is 0 Å². The van der Waals surface area contributed by atoms with Gasteiger partial charge in [0.1, 0.15) is 5.01 Å². The predicted octanol–water partition coefficient (Wildman–Crippen LogP) is 1.16. The van der Waals surface area contributed by atoms with Crippen molar-refractivity contribution in [2.45, 2.75) is 20.0 Å². The summed E-state index contributed by atoms with van der Waals surface area (Å²) in [6, 6.07) is 3.56. The molecule has 27 heavy (non-hydrogen) atoms. The number of nitrogens with one attached hydrogen (secondary N) is 1. The van der Waals surface area contributed by atoms with Gasteiger partial charge in [0.15, 0.2) is 12.4 Å². The fraction of sp³-hybridized carbons (Fsp3) is 0.412. The number of hydrogen-bond donors (Lipinski definition) is 1. The van der Waals surface area contributed by atoms with Crippen molar-refractivity contribution in [3.8, 4) is 11.7 Å². The molecule has 0 atom stereocenters. The van der Waals surface area contributed by atoms with E-state index in [0.29, 0.717) is 29.6 Å². The number of quaternary nitrogens is 1. The Morgan fingerprint density at radius 3 is 2.89 bits per heavy atom. The van der Waals surface area contributed by atoms with E-state index in [2.05, 4.69) is 10.1 Å². The van der Waals surface area contributed by atoms with Crippen molar-refractivity contribution in [3.05, 3.63) is 39.3 Å². The summed E-state index contributed by atoms with van der Waals surface area (Å²) >= 11 is 6.81. The molecule has 3 aromatic heterocycles. The smallest absolute Gasteiger partial charge is 0.292 e. The first kappa shape index (κ1) is 18.1. The van der Waals surface area contributed by atoms with Gasteiger partial charge in [-0.3, -0.25) is 4.79 Å². The summed E-state index contributed by atoms with van der Waals surface area (Å²) in [5.41, 5.74) is 0.968. The molecule has 1 amide bonds. The molecule has 0 unspecified atom stereocenters. The van der Waals surface area contributed by atoms with Crippen LogP contribution >= 0.6 is 23.6 Å². The minimum atomic E-state index is 0.140. The van der Waals surface area contributed by atoms with Crippen LogP contribution in [0.25, 0.3) is 11.7 Å². The van der Waals surface area contributed by atoms with Crippen LogP contribution < -0.4 is 4.90 Å². The van der Waals surface area contributed by atoms with E-state index in [-0.39, 0.29) is 5.91 Å². The summed E-state index contributed by atoms with van der Waals surface area (Å²) in [5.74, 6) is 1.08. The normalized spacial score (nSPS) is 15.4. The molecule has 1 N–H and O–H groups in total. The largest absolute Gasteiger partial charge is 0.459 e. The average Bonchev–Trinajstić information content (AvgIpc) is 3.38. The van der Waals surface area contributed by atoms with Crippen LogP contribution in [0.2, 0.25) is 0 Å². The summed E-state index contributed by atoms with van der Waals surface area (Å²) in [6.07, 6.45) is 1.95. The molecule has 8 nitrogen and oxygen atoms in total. The second kappa shape index (κ2) is 7.75. The summed E-state index contributed by atoms with van der Waals surface area (Å²) in [4.78, 5) is 20.4. The van der Waals surface area contributed by atoms with Gasteiger partial charge in [-0.25, -0.2) is 4.98 Å². The monoisotopic (exact) mass is 406 g/mol. The fourth-order valence-corrected chi connectivity index (χ4v) is 4.02. The van der Waals surface area contributed by atoms with E-state index in [9.17, 15) is 4.79 Å². The topological polar surface area (TPSA) is 81.7 Å². The number of amides is 1. The molecule has 0 bridgehead atoms. The number of furan rings is 1. The highest BCUT2D eigenvalue weighted by Gasteiger charge is 2.25. The first-order valence-corrected chi connectivity index (χ1v) is 10.0. The van der Waals surface area contributed by atoms with Crippen molar-refractivity contribution < 1.29 is 18.5 Å². The summed E-state index contributed by atoms with van der Waals surface area (Å²) in [7, 11) is 0. The van der Waals surface area contributed by atoms with Gasteiger partial charge < -0.3 is 18.6 Å². The van der Waals surface area contributed by atoms with Crippen LogP contribution in [-0.2, 0) is 17.9 Å². The number of aryl methyl sites for hydroxylation is 1. The van der Waals surface area contributed by atoms with Crippen LogP contribution in [0, 0.1) is 11.8 Å². The lowest BCUT2D eigenvalue weighted by Crippen LogP contribution is -3.14. The number of hydrogen-bond acceptors (Lipinski definition) is 7. The maximum Gasteiger partial charge on any atom is 0.292 e. The van der Waals surface area contributed by atoms with Crippen LogP contribution in [0.15, 0.2) is 32.6 Å². The highest BCUT2D eigenvalue weighted by molar-refractivity contribution is 7.71. The molecule has 0 spiro atoms. The summed E-state index contributed by atoms with van der Waals surface area (Å²) in [5, 5.41) is 7.26. The standard InChI is InChI=1S/C17H19N5O3S2/c1-12-10-27-14(18-12)9-15(23)21-6-4-20(5-7-21)11-22-17(26)25-16(19-22)13-3-2-8-24-13/h2-3,8,10H,4-7,9,11H2,1H3/p+1. The Labute approximate surface area is 165 Å². The van der Waals surface area contributed by atoms with Crippen molar-refractivity contribution in [1.29, 1.82) is 0 Å². The number of aromatic nitrogens is 3. The molecule has 3 aromatic rings. The predicted molar refractivity (Wildman–Crippen MR) is 101 cm³/mol. The third-order valence-electron chi connectivity index (χ3n) is 4.50. The zero-order valence-electron chi connectivity index (χ0n) is 14.9. The lowest BCUT2D eigenvalue weighted by atomic mass is 10.3. The Morgan fingerprint density at radius 2 is 2.22 bits per heavy atom. The van der Waals surface area contributed by atoms with Crippen LogP contribution in [0.5, 0.6) is 0 Å². The second-order valence-corrected chi connectivity index (χ2v) is 7.79. The first-order chi connectivity index (χ1) is 13.1. The van der Waals surface area contributed by atoms with Gasteiger partial charge in [0.25, 0.3) is 10.7 Å². The van der Waals surface area contributed by atoms with Crippen LogP contribution in [-0.4, -0.2) is 51.8 Å². The third kappa shape index (κ3) is 4.18. The Kier molecular flexibility index (Phi) is 5.19. The molecule has 0 aromatic carbocycles. The van der Waals surface area contributed by atoms with Gasteiger partial charge in [0.2, 0.25) is 5.91 Å². The molecule has 0 saturated carbocycles. The Bertz CT molecular complexity index is 967. The molecule has 0 radical (unpaired) electrons. The number of thiazole rings is 1. The molecule has 4 heterocycles. The van der Waals surface area contributed by atoms with E-state index in [4.69, 9.17) is 21.1 Å². The van der Waals surface area contributed by atoms with E-state index >= 15 is 0 Å².